The molecule has 0 aromatic heterocycles. The summed E-state index contributed by atoms with van der Waals surface area (Å²) in [4.78, 5) is 18.8. The number of oxime groups is 1. The van der Waals surface area contributed by atoms with Gasteiger partial charge in [-0.2, -0.15) is 0 Å². The molecule has 9 heteroatoms. The van der Waals surface area contributed by atoms with Crippen molar-refractivity contribution in [3.8, 4) is 5.75 Å². The van der Waals surface area contributed by atoms with Gasteiger partial charge in [-0.3, -0.25) is 9.69 Å². The molecule has 1 fully saturated rings. The Morgan fingerprint density at radius 3 is 2.38 bits per heavy atom. The van der Waals surface area contributed by atoms with Gasteiger partial charge >= 0.3 is 0 Å². The Balaban J connectivity index is 1.60. The SMILES string of the molecule is CO/N=C(/Cc1ccc(C(N)=O)cc1)CC1(C)CCN(Cc2ccc(O)c(C(F)(P)P)c2)CC1. The summed E-state index contributed by atoms with van der Waals surface area (Å²) >= 11 is 0. The summed E-state index contributed by atoms with van der Waals surface area (Å²) in [6.45, 7) is 4.83. The van der Waals surface area contributed by atoms with Crippen LogP contribution in [0.15, 0.2) is 47.6 Å². The number of nitrogens with zero attached hydrogens (tertiary/aromatic N) is 2. The van der Waals surface area contributed by atoms with Gasteiger partial charge in [0.2, 0.25) is 5.91 Å². The number of hydrogen-bond acceptors (Lipinski definition) is 5. The van der Waals surface area contributed by atoms with Gasteiger partial charge in [-0.25, -0.2) is 4.39 Å². The highest BCUT2D eigenvalue weighted by Gasteiger charge is 2.32. The molecule has 184 valence electrons. The highest BCUT2D eigenvalue weighted by molar-refractivity contribution is 7.38. The average Bonchev–Trinajstić information content (AvgIpc) is 2.76. The van der Waals surface area contributed by atoms with E-state index < -0.39 is 11.1 Å². The molecular weight excluding hydrogens is 471 g/mol. The van der Waals surface area contributed by atoms with Crippen LogP contribution < -0.4 is 5.73 Å². The van der Waals surface area contributed by atoms with E-state index in [0.29, 0.717) is 18.5 Å². The number of primary amides is 1. The van der Waals surface area contributed by atoms with Crippen LogP contribution in [0.4, 0.5) is 4.39 Å². The highest BCUT2D eigenvalue weighted by atomic mass is 31.1. The largest absolute Gasteiger partial charge is 0.508 e. The van der Waals surface area contributed by atoms with Gasteiger partial charge in [0.25, 0.3) is 0 Å². The summed E-state index contributed by atoms with van der Waals surface area (Å²) in [5, 5.41) is 12.5. The first-order chi connectivity index (χ1) is 16.0. The van der Waals surface area contributed by atoms with Crippen molar-refractivity contribution in [3.63, 3.8) is 0 Å². The summed E-state index contributed by atoms with van der Waals surface area (Å²) in [7, 11) is 5.77. The Hall–Kier alpha value is -2.07. The molecule has 0 spiro atoms. The van der Waals surface area contributed by atoms with Gasteiger partial charge in [0.1, 0.15) is 12.9 Å². The first-order valence-electron chi connectivity index (χ1n) is 11.3. The third-order valence-corrected chi connectivity index (χ3v) is 7.06. The Morgan fingerprint density at radius 1 is 1.21 bits per heavy atom. The minimum Gasteiger partial charge on any atom is -0.508 e. The fraction of sp³-hybridized carbons (Fsp3) is 0.440. The number of rotatable bonds is 9. The predicted octanol–water partition coefficient (Wildman–Crippen LogP) is 4.56. The monoisotopic (exact) mass is 505 g/mol. The molecule has 2 atom stereocenters. The molecule has 0 bridgehead atoms. The number of piperidine rings is 1. The number of hydrogen-bond donors (Lipinski definition) is 2. The van der Waals surface area contributed by atoms with Crippen molar-refractivity contribution in [3.05, 3.63) is 64.7 Å². The zero-order valence-corrected chi connectivity index (χ0v) is 22.1. The fourth-order valence-corrected chi connectivity index (χ4v) is 4.91. The lowest BCUT2D eigenvalue weighted by atomic mass is 9.75. The van der Waals surface area contributed by atoms with Crippen molar-refractivity contribution in [1.82, 2.24) is 4.90 Å². The van der Waals surface area contributed by atoms with Gasteiger partial charge < -0.3 is 15.7 Å². The number of nitrogens with two attached hydrogens (primary N) is 1. The number of phenolic OH excluding ortho intramolecular Hbond substituents is 1. The van der Waals surface area contributed by atoms with Crippen molar-refractivity contribution < 1.29 is 19.1 Å². The number of amides is 1. The van der Waals surface area contributed by atoms with Crippen molar-refractivity contribution >= 4 is 30.1 Å². The highest BCUT2D eigenvalue weighted by Crippen LogP contribution is 2.44. The molecule has 6 nitrogen and oxygen atoms in total. The van der Waals surface area contributed by atoms with Gasteiger partial charge in [-0.05, 0) is 73.2 Å². The third kappa shape index (κ3) is 7.21. The lowest BCUT2D eigenvalue weighted by molar-refractivity contribution is 0.1000. The van der Waals surface area contributed by atoms with Crippen molar-refractivity contribution in [2.45, 2.75) is 44.3 Å². The summed E-state index contributed by atoms with van der Waals surface area (Å²) < 4.78 is 14.3. The number of likely N-dealkylation sites (tertiary alicyclic amines) is 1. The van der Waals surface area contributed by atoms with Crippen LogP contribution in [-0.2, 0) is 23.0 Å². The molecule has 3 rings (SSSR count). The van der Waals surface area contributed by atoms with E-state index in [1.54, 1.807) is 31.4 Å². The van der Waals surface area contributed by atoms with E-state index in [4.69, 9.17) is 10.6 Å². The number of phenols is 1. The molecular formula is C25H34FN3O3P2. The molecule has 0 saturated carbocycles. The molecule has 34 heavy (non-hydrogen) atoms. The van der Waals surface area contributed by atoms with E-state index in [1.165, 1.54) is 0 Å². The second-order valence-corrected chi connectivity index (χ2v) is 11.8. The zero-order chi connectivity index (χ0) is 24.9. The Labute approximate surface area is 205 Å². The topological polar surface area (TPSA) is 88.2 Å². The molecule has 2 unspecified atom stereocenters. The molecule has 1 aliphatic rings. The van der Waals surface area contributed by atoms with Crippen LogP contribution in [0, 0.1) is 5.41 Å². The first-order valence-corrected chi connectivity index (χ1v) is 12.4. The number of benzene rings is 2. The minimum atomic E-state index is -1.75. The lowest BCUT2D eigenvalue weighted by Gasteiger charge is -2.39. The summed E-state index contributed by atoms with van der Waals surface area (Å²) in [5.74, 6) is -0.483. The number of halogens is 1. The average molecular weight is 506 g/mol. The van der Waals surface area contributed by atoms with E-state index >= 15 is 0 Å². The van der Waals surface area contributed by atoms with E-state index in [0.717, 1.165) is 49.2 Å². The maximum absolute atomic E-state index is 14.3. The first kappa shape index (κ1) is 26.5. The molecule has 1 heterocycles. The number of aromatic hydroxyl groups is 1. The second-order valence-electron chi connectivity index (χ2n) is 9.46. The molecule has 1 saturated heterocycles. The van der Waals surface area contributed by atoms with Crippen molar-refractivity contribution in [1.29, 1.82) is 0 Å². The molecule has 1 amide bonds. The second kappa shape index (κ2) is 11.1. The van der Waals surface area contributed by atoms with Crippen molar-refractivity contribution in [2.75, 3.05) is 20.2 Å². The normalized spacial score (nSPS) is 16.9. The van der Waals surface area contributed by atoms with Gasteiger partial charge in [-0.15, -0.1) is 0 Å². The maximum atomic E-state index is 14.3. The van der Waals surface area contributed by atoms with E-state index in [2.05, 4.69) is 35.5 Å². The Bertz CT molecular complexity index is 1030. The number of carbonyl (C=O) groups excluding carboxylic acids is 1. The maximum Gasteiger partial charge on any atom is 0.248 e. The van der Waals surface area contributed by atoms with Crippen LogP contribution in [0.5, 0.6) is 5.75 Å². The molecule has 0 aliphatic carbocycles. The molecule has 1 aliphatic heterocycles. The van der Waals surface area contributed by atoms with Crippen LogP contribution in [-0.4, -0.2) is 41.8 Å². The number of carbonyl (C=O) groups is 1. The van der Waals surface area contributed by atoms with Crippen LogP contribution in [0.3, 0.4) is 0 Å². The molecule has 3 N–H and O–H groups in total. The Morgan fingerprint density at radius 2 is 1.82 bits per heavy atom. The quantitative estimate of drug-likeness (QED) is 0.297. The van der Waals surface area contributed by atoms with Crippen LogP contribution in [0.1, 0.15) is 53.2 Å². The van der Waals surface area contributed by atoms with E-state index in [-0.39, 0.29) is 16.7 Å². The Kier molecular flexibility index (Phi) is 8.67. The van der Waals surface area contributed by atoms with E-state index in [1.807, 2.05) is 18.2 Å². The van der Waals surface area contributed by atoms with Crippen LogP contribution in [0.25, 0.3) is 0 Å². The van der Waals surface area contributed by atoms with Crippen molar-refractivity contribution in [2.24, 2.45) is 16.3 Å². The minimum absolute atomic E-state index is 0.0447. The van der Waals surface area contributed by atoms with Gasteiger partial charge in [-0.1, -0.05) is 48.8 Å². The standard InChI is InChI=1S/C25H34FN3O3P2/c1-24(15-20(28-32-2)13-17-3-6-19(7-4-17)23(27)31)9-11-29(12-10-24)16-18-5-8-22(30)21(14-18)25(26,33)34/h3-8,14,30H,9-13,15-16,33-34H2,1-2H3,(H2,27,31)/b28-20-. The van der Waals surface area contributed by atoms with Gasteiger partial charge in [0, 0.05) is 24.1 Å². The van der Waals surface area contributed by atoms with Crippen LogP contribution >= 0.6 is 18.5 Å². The number of alkyl halides is 1. The molecule has 2 aromatic carbocycles. The lowest BCUT2D eigenvalue weighted by Crippen LogP contribution is -2.39. The third-order valence-electron chi connectivity index (χ3n) is 6.44. The van der Waals surface area contributed by atoms with E-state index in [9.17, 15) is 14.3 Å². The zero-order valence-electron chi connectivity index (χ0n) is 19.8. The molecule has 0 radical (unpaired) electrons. The van der Waals surface area contributed by atoms with Crippen LogP contribution in [0.2, 0.25) is 0 Å². The predicted molar refractivity (Wildman–Crippen MR) is 141 cm³/mol. The summed E-state index contributed by atoms with van der Waals surface area (Å²) in [5.41, 5.74) is 9.16. The fourth-order valence-electron chi connectivity index (χ4n) is 4.45. The smallest absolute Gasteiger partial charge is 0.248 e. The van der Waals surface area contributed by atoms with Gasteiger partial charge in [0.15, 0.2) is 5.15 Å². The molecule has 2 aromatic rings. The summed E-state index contributed by atoms with van der Waals surface area (Å²) in [6.07, 6.45) is 3.47. The summed E-state index contributed by atoms with van der Waals surface area (Å²) in [6, 6.07) is 12.4. The van der Waals surface area contributed by atoms with Gasteiger partial charge in [0.05, 0.1) is 5.71 Å².